The van der Waals surface area contributed by atoms with Gasteiger partial charge in [0.2, 0.25) is 0 Å². The van der Waals surface area contributed by atoms with Gasteiger partial charge in [0.25, 0.3) is 0 Å². The van der Waals surface area contributed by atoms with Crippen molar-refractivity contribution < 1.29 is 4.74 Å². The normalized spacial score (nSPS) is 7.52. The Morgan fingerprint density at radius 2 is 0.963 bits per heavy atom. The minimum Gasteiger partial charge on any atom is -0.497 e. The van der Waals surface area contributed by atoms with Crippen LogP contribution in [0.2, 0.25) is 0 Å². The summed E-state index contributed by atoms with van der Waals surface area (Å²) in [5, 5.41) is 2.75. The molecule has 0 unspecified atom stereocenters. The first-order valence-electron chi connectivity index (χ1n) is 10.2. The molecule has 0 saturated carbocycles. The van der Waals surface area contributed by atoms with Crippen molar-refractivity contribution in [1.29, 1.82) is 0 Å². The molecular weight excluding hydrogens is 330 g/mol. The number of nitrogens with one attached hydrogen (secondary N) is 1. The van der Waals surface area contributed by atoms with E-state index in [0.29, 0.717) is 0 Å². The minimum atomic E-state index is 0.917. The van der Waals surface area contributed by atoms with Crippen LogP contribution in [0.5, 0.6) is 5.75 Å². The summed E-state index contributed by atoms with van der Waals surface area (Å²) in [6.07, 6.45) is 2.50. The lowest BCUT2D eigenvalue weighted by Crippen LogP contribution is -1.89. The predicted octanol–water partition coefficient (Wildman–Crippen LogP) is 7.69. The maximum atomic E-state index is 4.97. The highest BCUT2D eigenvalue weighted by Gasteiger charge is 1.85. The van der Waals surface area contributed by atoms with Crippen LogP contribution in [0.15, 0.2) is 54.6 Å². The monoisotopic (exact) mass is 377 g/mol. The van der Waals surface area contributed by atoms with Gasteiger partial charge in [0, 0.05) is 0 Å². The first-order valence-corrected chi connectivity index (χ1v) is 10.2. The third-order valence-electron chi connectivity index (χ3n) is 2.20. The van der Waals surface area contributed by atoms with E-state index in [1.165, 1.54) is 24.0 Å². The fraction of sp³-hybridized carbons (Fsp3) is 0.520. The Morgan fingerprint density at radius 3 is 1.19 bits per heavy atom. The number of ether oxygens (including phenoxy) is 1. The summed E-state index contributed by atoms with van der Waals surface area (Å²) < 4.78 is 4.97. The summed E-state index contributed by atoms with van der Waals surface area (Å²) >= 11 is 0. The van der Waals surface area contributed by atoms with Gasteiger partial charge in [0.15, 0.2) is 0 Å². The molecule has 0 amide bonds. The molecule has 2 rings (SSSR count). The molecule has 0 atom stereocenters. The number of hydrogen-bond acceptors (Lipinski definition) is 2. The molecule has 1 N–H and O–H groups in total. The second-order valence-electron chi connectivity index (χ2n) is 5.59. The number of methoxy groups -OCH3 is 1. The lowest BCUT2D eigenvalue weighted by Gasteiger charge is -1.97. The Bertz CT molecular complexity index is 433. The van der Waals surface area contributed by atoms with Gasteiger partial charge in [-0.3, -0.25) is 0 Å². The molecule has 2 heteroatoms. The highest BCUT2D eigenvalue weighted by atomic mass is 16.5. The van der Waals surface area contributed by atoms with E-state index in [2.05, 4.69) is 59.0 Å². The number of benzene rings is 2. The second-order valence-corrected chi connectivity index (χ2v) is 5.59. The summed E-state index contributed by atoms with van der Waals surface area (Å²) in [5.41, 5.74) is 2.58. The molecule has 0 aliphatic carbocycles. The molecule has 2 aromatic carbocycles. The van der Waals surface area contributed by atoms with Gasteiger partial charge in [-0.05, 0) is 40.1 Å². The molecule has 0 aromatic heterocycles. The molecule has 0 aliphatic heterocycles. The van der Waals surface area contributed by atoms with E-state index in [9.17, 15) is 0 Å². The largest absolute Gasteiger partial charge is 0.497 e. The molecular formula is C25H47NO. The van der Waals surface area contributed by atoms with Crippen LogP contribution < -0.4 is 10.1 Å². The second kappa shape index (κ2) is 31.9. The van der Waals surface area contributed by atoms with E-state index >= 15 is 0 Å². The molecule has 0 heterocycles. The average Bonchev–Trinajstić information content (AvgIpc) is 2.67. The van der Waals surface area contributed by atoms with Crippen molar-refractivity contribution in [3.63, 3.8) is 0 Å². The molecule has 0 fully saturated rings. The molecule has 0 saturated heterocycles. The van der Waals surface area contributed by atoms with Crippen molar-refractivity contribution in [3.8, 4) is 5.75 Å². The topological polar surface area (TPSA) is 21.3 Å². The zero-order valence-electron chi connectivity index (χ0n) is 20.0. The highest BCUT2D eigenvalue weighted by Crippen LogP contribution is 2.09. The fourth-order valence-electron chi connectivity index (χ4n) is 1.21. The molecule has 0 radical (unpaired) electrons. The molecule has 158 valence electrons. The van der Waals surface area contributed by atoms with Gasteiger partial charge < -0.3 is 10.1 Å². The van der Waals surface area contributed by atoms with Gasteiger partial charge in [-0.25, -0.2) is 0 Å². The van der Waals surface area contributed by atoms with Crippen LogP contribution in [-0.2, 0) is 0 Å². The van der Waals surface area contributed by atoms with E-state index < -0.39 is 0 Å². The minimum absolute atomic E-state index is 0.917. The van der Waals surface area contributed by atoms with Crippen LogP contribution in [0.25, 0.3) is 0 Å². The fourth-order valence-corrected chi connectivity index (χ4v) is 1.21. The SMILES string of the molecule is CC.CCC.CCC.CNC.COc1ccc(C)cc1.Cc1ccccc1. The summed E-state index contributed by atoms with van der Waals surface area (Å²) in [4.78, 5) is 0. The highest BCUT2D eigenvalue weighted by molar-refractivity contribution is 5.25. The molecule has 0 aliphatic rings. The van der Waals surface area contributed by atoms with Gasteiger partial charge in [-0.1, -0.05) is 108 Å². The summed E-state index contributed by atoms with van der Waals surface area (Å²) in [5.74, 6) is 0.917. The smallest absolute Gasteiger partial charge is 0.118 e. The Hall–Kier alpha value is -1.80. The van der Waals surface area contributed by atoms with Crippen molar-refractivity contribution >= 4 is 0 Å². The third kappa shape index (κ3) is 36.0. The molecule has 2 nitrogen and oxygen atoms in total. The van der Waals surface area contributed by atoms with Crippen LogP contribution in [0.4, 0.5) is 0 Å². The first kappa shape index (κ1) is 32.8. The average molecular weight is 378 g/mol. The van der Waals surface area contributed by atoms with Crippen molar-refractivity contribution in [1.82, 2.24) is 5.32 Å². The Labute approximate surface area is 171 Å². The number of aryl methyl sites for hydroxylation is 2. The Balaban J connectivity index is -0.000000131. The Kier molecular flexibility index (Phi) is 38.8. The van der Waals surface area contributed by atoms with E-state index in [1.807, 2.05) is 70.4 Å². The standard InChI is InChI=1S/C8H10O.C7H8.2C3H8.C2H7N.C2H6/c1-7-3-5-8(9-2)6-4-7;1-7-5-3-2-4-6-7;3*1-3-2;1-2/h3-6H,1-2H3;2-6H,1H3;2*3H2,1-2H3;3H,1-2H3;1-2H3. The summed E-state index contributed by atoms with van der Waals surface area (Å²) in [6.45, 7) is 16.6. The van der Waals surface area contributed by atoms with Crippen molar-refractivity contribution in [2.75, 3.05) is 21.2 Å². The maximum absolute atomic E-state index is 4.97. The van der Waals surface area contributed by atoms with Gasteiger partial charge in [-0.15, -0.1) is 0 Å². The van der Waals surface area contributed by atoms with Gasteiger partial charge in [0.1, 0.15) is 5.75 Å². The van der Waals surface area contributed by atoms with Gasteiger partial charge >= 0.3 is 0 Å². The van der Waals surface area contributed by atoms with Gasteiger partial charge in [0.05, 0.1) is 7.11 Å². The summed E-state index contributed by atoms with van der Waals surface area (Å²) in [6, 6.07) is 18.2. The quantitative estimate of drug-likeness (QED) is 0.550. The van der Waals surface area contributed by atoms with E-state index in [-0.39, 0.29) is 0 Å². The van der Waals surface area contributed by atoms with E-state index in [1.54, 1.807) is 7.11 Å². The Morgan fingerprint density at radius 1 is 0.667 bits per heavy atom. The van der Waals surface area contributed by atoms with E-state index in [4.69, 9.17) is 4.74 Å². The molecule has 0 bridgehead atoms. The first-order chi connectivity index (χ1) is 13.0. The van der Waals surface area contributed by atoms with Crippen LogP contribution in [0.1, 0.15) is 65.5 Å². The van der Waals surface area contributed by atoms with Crippen molar-refractivity contribution in [2.24, 2.45) is 0 Å². The van der Waals surface area contributed by atoms with Gasteiger partial charge in [-0.2, -0.15) is 0 Å². The van der Waals surface area contributed by atoms with Crippen molar-refractivity contribution in [2.45, 2.75) is 68.2 Å². The molecule has 27 heavy (non-hydrogen) atoms. The maximum Gasteiger partial charge on any atom is 0.118 e. The van der Waals surface area contributed by atoms with Crippen molar-refractivity contribution in [3.05, 3.63) is 65.7 Å². The molecule has 0 spiro atoms. The van der Waals surface area contributed by atoms with Crippen LogP contribution >= 0.6 is 0 Å². The zero-order chi connectivity index (χ0) is 21.9. The predicted molar refractivity (Wildman–Crippen MR) is 127 cm³/mol. The summed E-state index contributed by atoms with van der Waals surface area (Å²) in [7, 11) is 5.42. The van der Waals surface area contributed by atoms with Crippen LogP contribution in [0, 0.1) is 13.8 Å². The van der Waals surface area contributed by atoms with E-state index in [0.717, 1.165) is 5.75 Å². The number of rotatable bonds is 1. The van der Waals surface area contributed by atoms with Crippen LogP contribution in [0.3, 0.4) is 0 Å². The lowest BCUT2D eigenvalue weighted by molar-refractivity contribution is 0.414. The molecule has 2 aromatic rings. The van der Waals surface area contributed by atoms with Crippen LogP contribution in [-0.4, -0.2) is 21.2 Å². The lowest BCUT2D eigenvalue weighted by atomic mass is 10.2. The zero-order valence-corrected chi connectivity index (χ0v) is 20.0. The number of hydrogen-bond donors (Lipinski definition) is 1. The third-order valence-corrected chi connectivity index (χ3v) is 2.20.